The van der Waals surface area contributed by atoms with Crippen molar-refractivity contribution < 1.29 is 22.5 Å². The highest BCUT2D eigenvalue weighted by Gasteiger charge is 2.35. The maximum absolute atomic E-state index is 11.3. The van der Waals surface area contributed by atoms with Crippen molar-refractivity contribution in [1.82, 2.24) is 0 Å². The fourth-order valence-electron chi connectivity index (χ4n) is 2.33. The Hall–Kier alpha value is -0.259. The zero-order chi connectivity index (χ0) is 18.3. The van der Waals surface area contributed by atoms with Gasteiger partial charge >= 0.3 is 14.5 Å². The van der Waals surface area contributed by atoms with Crippen LogP contribution in [-0.4, -0.2) is 50.8 Å². The van der Waals surface area contributed by atoms with E-state index in [0.717, 1.165) is 6.42 Å². The van der Waals surface area contributed by atoms with Crippen LogP contribution in [0.15, 0.2) is 12.2 Å². The van der Waals surface area contributed by atoms with Crippen molar-refractivity contribution in [2.45, 2.75) is 65.3 Å². The van der Waals surface area contributed by atoms with Crippen LogP contribution >= 0.6 is 0 Å². The second-order valence-corrected chi connectivity index (χ2v) is 18.1. The first-order valence-electron chi connectivity index (χ1n) is 8.20. The molecule has 0 bridgehead atoms. The summed E-state index contributed by atoms with van der Waals surface area (Å²) in [5.74, 6) is -0.375. The van der Waals surface area contributed by atoms with Gasteiger partial charge in [0.15, 0.2) is 17.4 Å². The van der Waals surface area contributed by atoms with E-state index in [1.807, 2.05) is 0 Å². The second-order valence-electron chi connectivity index (χ2n) is 7.17. The summed E-state index contributed by atoms with van der Waals surface area (Å²) in [5, 5.41) is 0. The van der Waals surface area contributed by atoms with Crippen LogP contribution in [0.3, 0.4) is 0 Å². The van der Waals surface area contributed by atoms with Gasteiger partial charge in [0.05, 0.1) is 12.3 Å². The molecule has 0 rings (SSSR count). The Balaban J connectivity index is 4.33. The minimum absolute atomic E-state index is 0.0931. The van der Waals surface area contributed by atoms with Crippen LogP contribution in [0.5, 0.6) is 0 Å². The lowest BCUT2D eigenvalue weighted by Crippen LogP contribution is -2.50. The summed E-state index contributed by atoms with van der Waals surface area (Å²) in [5.41, 5.74) is 0.495. The highest BCUT2D eigenvalue weighted by Crippen LogP contribution is 2.18. The minimum atomic E-state index is -2.11. The molecule has 2 atom stereocenters. The van der Waals surface area contributed by atoms with Gasteiger partial charge in [-0.25, -0.2) is 4.79 Å². The third-order valence-electron chi connectivity index (χ3n) is 2.94. The van der Waals surface area contributed by atoms with E-state index in [1.165, 1.54) is 0 Å². The summed E-state index contributed by atoms with van der Waals surface area (Å²) in [6.07, 6.45) is 0.888. The smallest absolute Gasteiger partial charge is 0.333 e. The minimum Gasteiger partial charge on any atom is -0.460 e. The van der Waals surface area contributed by atoms with Crippen molar-refractivity contribution in [3.63, 3.8) is 0 Å². The second kappa shape index (κ2) is 9.90. The molecule has 0 saturated carbocycles. The highest BCUT2D eigenvalue weighted by molar-refractivity contribution is 6.84. The highest BCUT2D eigenvalue weighted by atomic mass is 28.5. The molecule has 0 aliphatic heterocycles. The van der Waals surface area contributed by atoms with Crippen LogP contribution in [-0.2, 0) is 22.5 Å². The molecule has 8 heteroatoms. The third kappa shape index (κ3) is 11.0. The first-order chi connectivity index (χ1) is 10.4. The molecule has 0 spiro atoms. The molecule has 0 aliphatic rings. The van der Waals surface area contributed by atoms with Crippen molar-refractivity contribution in [3.8, 4) is 0 Å². The van der Waals surface area contributed by atoms with E-state index in [9.17, 15) is 4.79 Å². The Morgan fingerprint density at radius 1 is 1.17 bits per heavy atom. The molecule has 0 radical (unpaired) electrons. The molecular weight excluding hydrogens is 344 g/mol. The van der Waals surface area contributed by atoms with Gasteiger partial charge in [0.25, 0.3) is 0 Å². The number of hydrogen-bond donors (Lipinski definition) is 0. The summed E-state index contributed by atoms with van der Waals surface area (Å²) >= 11 is 0. The first kappa shape index (κ1) is 22.7. The maximum atomic E-state index is 11.3. The van der Waals surface area contributed by atoms with Crippen molar-refractivity contribution in [3.05, 3.63) is 12.2 Å². The van der Waals surface area contributed by atoms with Gasteiger partial charge in [-0.15, -0.1) is 0 Å². The van der Waals surface area contributed by atoms with E-state index in [4.69, 9.17) is 17.7 Å². The number of carbonyl (C=O) groups is 1. The standard InChI is InChI=1S/C15H34O5Si3/c1-10-14(17-11-12-18-15(16)13(2)3)21(4)19-23(8,9)20-22(5,6)7/h14,21H,2,10-12H2,1,3-9H3. The number of hydrogen-bond acceptors (Lipinski definition) is 5. The zero-order valence-electron chi connectivity index (χ0n) is 16.0. The lowest BCUT2D eigenvalue weighted by atomic mass is 10.4. The lowest BCUT2D eigenvalue weighted by molar-refractivity contribution is -0.140. The SMILES string of the molecule is C=C(C)C(=O)OCCOC(CC)[SiH](C)O[Si](C)(C)O[Si](C)(C)C. The van der Waals surface area contributed by atoms with Crippen LogP contribution in [0.2, 0.25) is 39.3 Å². The average molecular weight is 379 g/mol. The average Bonchev–Trinajstić information content (AvgIpc) is 2.34. The molecule has 136 valence electrons. The molecule has 0 saturated heterocycles. The Morgan fingerprint density at radius 2 is 1.74 bits per heavy atom. The quantitative estimate of drug-likeness (QED) is 0.239. The van der Waals surface area contributed by atoms with Crippen molar-refractivity contribution in [2.75, 3.05) is 13.2 Å². The number of esters is 1. The van der Waals surface area contributed by atoms with E-state index in [-0.39, 0.29) is 18.3 Å². The molecule has 5 nitrogen and oxygen atoms in total. The predicted octanol–water partition coefficient (Wildman–Crippen LogP) is 3.36. The van der Waals surface area contributed by atoms with Crippen LogP contribution < -0.4 is 0 Å². The normalized spacial score (nSPS) is 15.1. The maximum Gasteiger partial charge on any atom is 0.333 e. The van der Waals surface area contributed by atoms with Gasteiger partial charge in [-0.3, -0.25) is 0 Å². The number of rotatable bonds is 11. The van der Waals surface area contributed by atoms with Gasteiger partial charge in [0, 0.05) is 5.57 Å². The molecule has 0 fully saturated rings. The Labute approximate surface area is 145 Å². The van der Waals surface area contributed by atoms with Crippen LogP contribution in [0, 0.1) is 0 Å². The van der Waals surface area contributed by atoms with Gasteiger partial charge in [-0.1, -0.05) is 13.5 Å². The Bertz CT molecular complexity index is 393. The van der Waals surface area contributed by atoms with Gasteiger partial charge < -0.3 is 17.7 Å². The summed E-state index contributed by atoms with van der Waals surface area (Å²) in [6.45, 7) is 20.8. The van der Waals surface area contributed by atoms with Gasteiger partial charge in [-0.2, -0.15) is 0 Å². The van der Waals surface area contributed by atoms with E-state index >= 15 is 0 Å². The van der Waals surface area contributed by atoms with Crippen molar-refractivity contribution in [2.24, 2.45) is 0 Å². The molecule has 0 N–H and O–H groups in total. The fourth-order valence-corrected chi connectivity index (χ4v) is 14.1. The number of ether oxygens (including phenoxy) is 2. The molecule has 0 aromatic rings. The van der Waals surface area contributed by atoms with Crippen LogP contribution in [0.25, 0.3) is 0 Å². The summed E-state index contributed by atoms with van der Waals surface area (Å²) in [7, 11) is -5.26. The monoisotopic (exact) mass is 378 g/mol. The van der Waals surface area contributed by atoms with Gasteiger partial charge in [-0.05, 0) is 52.6 Å². The Morgan fingerprint density at radius 3 is 2.17 bits per heavy atom. The van der Waals surface area contributed by atoms with E-state index < -0.39 is 25.9 Å². The topological polar surface area (TPSA) is 54.0 Å². The summed E-state index contributed by atoms with van der Waals surface area (Å²) < 4.78 is 23.5. The summed E-state index contributed by atoms with van der Waals surface area (Å²) in [4.78, 5) is 11.3. The molecule has 0 aromatic carbocycles. The van der Waals surface area contributed by atoms with Gasteiger partial charge in [0.2, 0.25) is 0 Å². The van der Waals surface area contributed by atoms with Gasteiger partial charge in [0.1, 0.15) is 6.61 Å². The van der Waals surface area contributed by atoms with Crippen LogP contribution in [0.1, 0.15) is 20.3 Å². The molecule has 0 aromatic heterocycles. The largest absolute Gasteiger partial charge is 0.460 e. The molecule has 23 heavy (non-hydrogen) atoms. The first-order valence-corrected chi connectivity index (χ1v) is 16.7. The lowest BCUT2D eigenvalue weighted by Gasteiger charge is -2.35. The van der Waals surface area contributed by atoms with E-state index in [0.29, 0.717) is 12.2 Å². The van der Waals surface area contributed by atoms with Crippen molar-refractivity contribution in [1.29, 1.82) is 0 Å². The zero-order valence-corrected chi connectivity index (χ0v) is 19.2. The van der Waals surface area contributed by atoms with Crippen LogP contribution in [0.4, 0.5) is 0 Å². The molecule has 2 unspecified atom stereocenters. The van der Waals surface area contributed by atoms with E-state index in [1.54, 1.807) is 6.92 Å². The molecule has 0 amide bonds. The van der Waals surface area contributed by atoms with Crippen molar-refractivity contribution >= 4 is 31.9 Å². The number of carbonyl (C=O) groups excluding carboxylic acids is 1. The fraction of sp³-hybridized carbons (Fsp3) is 0.800. The third-order valence-corrected chi connectivity index (χ3v) is 12.8. The molecular formula is C15H34O5Si3. The molecule has 0 heterocycles. The summed E-state index contributed by atoms with van der Waals surface area (Å²) in [6, 6.07) is 0. The Kier molecular flexibility index (Phi) is 9.79. The predicted molar refractivity (Wildman–Crippen MR) is 102 cm³/mol. The molecule has 0 aliphatic carbocycles. The van der Waals surface area contributed by atoms with E-state index in [2.05, 4.69) is 52.8 Å².